The van der Waals surface area contributed by atoms with Gasteiger partial charge in [0.15, 0.2) is 0 Å². The Hall–Kier alpha value is -0.880. The molecule has 1 aromatic rings. The predicted octanol–water partition coefficient (Wildman–Crippen LogP) is 3.38. The van der Waals surface area contributed by atoms with Crippen LogP contribution in [0.3, 0.4) is 0 Å². The lowest BCUT2D eigenvalue weighted by atomic mass is 10.0. The first-order valence-corrected chi connectivity index (χ1v) is 7.13. The van der Waals surface area contributed by atoms with E-state index in [1.807, 2.05) is 0 Å². The van der Waals surface area contributed by atoms with Crippen LogP contribution in [0.1, 0.15) is 18.4 Å². The molecule has 106 valence electrons. The van der Waals surface area contributed by atoms with Gasteiger partial charge in [-0.1, -0.05) is 12.1 Å². The van der Waals surface area contributed by atoms with Crippen molar-refractivity contribution in [2.75, 3.05) is 5.75 Å². The van der Waals surface area contributed by atoms with Gasteiger partial charge in [0.25, 0.3) is 0 Å². The van der Waals surface area contributed by atoms with Crippen molar-refractivity contribution < 1.29 is 23.0 Å². The third-order valence-corrected chi connectivity index (χ3v) is 4.50. The summed E-state index contributed by atoms with van der Waals surface area (Å²) < 4.78 is 39.8. The summed E-state index contributed by atoms with van der Waals surface area (Å²) in [7, 11) is 0. The molecule has 0 saturated carbocycles. The minimum absolute atomic E-state index is 0.235. The molecule has 2 atom stereocenters. The fourth-order valence-electron chi connectivity index (χ4n) is 2.11. The molecule has 19 heavy (non-hydrogen) atoms. The zero-order chi connectivity index (χ0) is 13.9. The van der Waals surface area contributed by atoms with E-state index < -0.39 is 12.5 Å². The van der Waals surface area contributed by atoms with Gasteiger partial charge in [-0.05, 0) is 42.7 Å². The molecule has 0 aromatic heterocycles. The minimum Gasteiger partial charge on any atom is -0.406 e. The molecule has 2 unspecified atom stereocenters. The number of halogens is 3. The second kappa shape index (κ2) is 6.05. The molecule has 1 saturated heterocycles. The highest BCUT2D eigenvalue weighted by Gasteiger charge is 2.31. The van der Waals surface area contributed by atoms with Gasteiger partial charge in [-0.15, -0.1) is 13.2 Å². The number of aliphatic hydroxyl groups excluding tert-OH is 1. The predicted molar refractivity (Wildman–Crippen MR) is 68.3 cm³/mol. The summed E-state index contributed by atoms with van der Waals surface area (Å²) in [6.45, 7) is 0. The van der Waals surface area contributed by atoms with Crippen molar-refractivity contribution in [3.8, 4) is 5.75 Å². The van der Waals surface area contributed by atoms with Gasteiger partial charge >= 0.3 is 6.36 Å². The van der Waals surface area contributed by atoms with Crippen LogP contribution in [-0.2, 0) is 6.42 Å². The van der Waals surface area contributed by atoms with Crippen LogP contribution in [0, 0.1) is 0 Å². The van der Waals surface area contributed by atoms with E-state index in [2.05, 4.69) is 4.74 Å². The number of hydrogen-bond acceptors (Lipinski definition) is 3. The Morgan fingerprint density at radius 1 is 1.32 bits per heavy atom. The van der Waals surface area contributed by atoms with E-state index >= 15 is 0 Å². The Labute approximate surface area is 114 Å². The van der Waals surface area contributed by atoms with Crippen LogP contribution in [0.15, 0.2) is 24.3 Å². The normalized spacial score (nSPS) is 21.4. The summed E-state index contributed by atoms with van der Waals surface area (Å²) in [5.41, 5.74) is 0.814. The lowest BCUT2D eigenvalue weighted by Gasteiger charge is -2.17. The van der Waals surface area contributed by atoms with Crippen molar-refractivity contribution in [1.29, 1.82) is 0 Å². The van der Waals surface area contributed by atoms with Crippen molar-refractivity contribution in [1.82, 2.24) is 0 Å². The molecular weight excluding hydrogens is 277 g/mol. The second-order valence-electron chi connectivity index (χ2n) is 4.51. The zero-order valence-electron chi connectivity index (χ0n) is 10.2. The van der Waals surface area contributed by atoms with Gasteiger partial charge in [0.2, 0.25) is 0 Å². The van der Waals surface area contributed by atoms with Gasteiger partial charge in [-0.3, -0.25) is 0 Å². The zero-order valence-corrected chi connectivity index (χ0v) is 11.0. The Bertz CT molecular complexity index is 399. The van der Waals surface area contributed by atoms with Gasteiger partial charge in [-0.25, -0.2) is 0 Å². The van der Waals surface area contributed by atoms with Gasteiger partial charge in [0.1, 0.15) is 5.75 Å². The van der Waals surface area contributed by atoms with Crippen molar-refractivity contribution in [3.63, 3.8) is 0 Å². The molecule has 6 heteroatoms. The number of rotatable bonds is 4. The molecule has 0 radical (unpaired) electrons. The molecule has 0 bridgehead atoms. The second-order valence-corrected chi connectivity index (χ2v) is 5.86. The van der Waals surface area contributed by atoms with Crippen LogP contribution >= 0.6 is 11.8 Å². The summed E-state index contributed by atoms with van der Waals surface area (Å²) in [6, 6.07) is 5.67. The molecule has 1 fully saturated rings. The summed E-state index contributed by atoms with van der Waals surface area (Å²) in [6.07, 6.45) is -2.53. The quantitative estimate of drug-likeness (QED) is 0.922. The average Bonchev–Trinajstić information content (AvgIpc) is 2.83. The molecular formula is C13H15F3O2S. The van der Waals surface area contributed by atoms with E-state index in [1.54, 1.807) is 23.9 Å². The van der Waals surface area contributed by atoms with Gasteiger partial charge in [0, 0.05) is 5.25 Å². The van der Waals surface area contributed by atoms with Crippen LogP contribution in [0.2, 0.25) is 0 Å². The van der Waals surface area contributed by atoms with Crippen LogP contribution in [0.25, 0.3) is 0 Å². The number of alkyl halides is 3. The van der Waals surface area contributed by atoms with Gasteiger partial charge < -0.3 is 9.84 Å². The molecule has 1 heterocycles. The van der Waals surface area contributed by atoms with Crippen LogP contribution in [0.4, 0.5) is 13.2 Å². The summed E-state index contributed by atoms with van der Waals surface area (Å²) >= 11 is 1.76. The van der Waals surface area contributed by atoms with Crippen LogP contribution in [0.5, 0.6) is 5.75 Å². The molecule has 1 aliphatic heterocycles. The Kier molecular flexibility index (Phi) is 4.62. The highest BCUT2D eigenvalue weighted by atomic mass is 32.2. The topological polar surface area (TPSA) is 29.5 Å². The monoisotopic (exact) mass is 292 g/mol. The third-order valence-electron chi connectivity index (χ3n) is 3.00. The average molecular weight is 292 g/mol. The summed E-state index contributed by atoms with van der Waals surface area (Å²) in [5, 5.41) is 10.3. The highest BCUT2D eigenvalue weighted by molar-refractivity contribution is 8.00. The maximum Gasteiger partial charge on any atom is 0.573 e. The lowest BCUT2D eigenvalue weighted by molar-refractivity contribution is -0.274. The van der Waals surface area contributed by atoms with E-state index in [4.69, 9.17) is 0 Å². The van der Waals surface area contributed by atoms with E-state index in [1.165, 1.54) is 12.1 Å². The fourth-order valence-corrected chi connectivity index (χ4v) is 3.39. The van der Waals surface area contributed by atoms with Crippen molar-refractivity contribution in [2.24, 2.45) is 0 Å². The Balaban J connectivity index is 1.91. The van der Waals surface area contributed by atoms with Crippen molar-refractivity contribution in [3.05, 3.63) is 29.8 Å². The van der Waals surface area contributed by atoms with Crippen LogP contribution < -0.4 is 4.74 Å². The van der Waals surface area contributed by atoms with E-state index in [9.17, 15) is 18.3 Å². The largest absolute Gasteiger partial charge is 0.573 e. The van der Waals surface area contributed by atoms with E-state index in [-0.39, 0.29) is 11.0 Å². The molecule has 0 spiro atoms. The smallest absolute Gasteiger partial charge is 0.406 e. The first-order chi connectivity index (χ1) is 8.94. The molecule has 0 amide bonds. The summed E-state index contributed by atoms with van der Waals surface area (Å²) in [4.78, 5) is 0. The van der Waals surface area contributed by atoms with Gasteiger partial charge in [-0.2, -0.15) is 11.8 Å². The standard InChI is InChI=1S/C13H15F3O2S/c14-13(15,16)18-10-5-3-9(4-6-10)8-11(17)12-2-1-7-19-12/h3-6,11-12,17H,1-2,7-8H2. The first kappa shape index (κ1) is 14.5. The van der Waals surface area contributed by atoms with E-state index in [0.717, 1.165) is 24.2 Å². The molecule has 1 aromatic carbocycles. The number of hydrogen-bond donors (Lipinski definition) is 1. The highest BCUT2D eigenvalue weighted by Crippen LogP contribution is 2.30. The van der Waals surface area contributed by atoms with E-state index in [0.29, 0.717) is 6.42 Å². The fraction of sp³-hybridized carbons (Fsp3) is 0.538. The Morgan fingerprint density at radius 2 is 2.00 bits per heavy atom. The maximum absolute atomic E-state index is 12.0. The van der Waals surface area contributed by atoms with Crippen LogP contribution in [-0.4, -0.2) is 28.6 Å². The number of thioether (sulfide) groups is 1. The molecule has 1 aliphatic rings. The summed E-state index contributed by atoms with van der Waals surface area (Å²) in [5.74, 6) is 0.834. The number of benzene rings is 1. The molecule has 0 aliphatic carbocycles. The third kappa shape index (κ3) is 4.62. The maximum atomic E-state index is 12.0. The first-order valence-electron chi connectivity index (χ1n) is 6.08. The lowest BCUT2D eigenvalue weighted by Crippen LogP contribution is -2.23. The number of aliphatic hydroxyl groups is 1. The van der Waals surface area contributed by atoms with Gasteiger partial charge in [0.05, 0.1) is 6.10 Å². The molecule has 2 rings (SSSR count). The minimum atomic E-state index is -4.67. The number of ether oxygens (including phenoxy) is 1. The molecule has 2 nitrogen and oxygen atoms in total. The molecule has 1 N–H and O–H groups in total. The van der Waals surface area contributed by atoms with Crippen molar-refractivity contribution in [2.45, 2.75) is 37.0 Å². The SMILES string of the molecule is OC(Cc1ccc(OC(F)(F)F)cc1)C1CCCS1. The van der Waals surface area contributed by atoms with Crippen molar-refractivity contribution >= 4 is 11.8 Å². The Morgan fingerprint density at radius 3 is 2.53 bits per heavy atom.